The second kappa shape index (κ2) is 8.11. The lowest BCUT2D eigenvalue weighted by Crippen LogP contribution is -2.53. The van der Waals surface area contributed by atoms with Crippen LogP contribution in [-0.2, 0) is 10.0 Å². The van der Waals surface area contributed by atoms with Gasteiger partial charge < -0.3 is 20.1 Å². The molecule has 3 atom stereocenters. The van der Waals surface area contributed by atoms with Crippen molar-refractivity contribution in [2.75, 3.05) is 18.8 Å². The molecule has 4 aliphatic heterocycles. The van der Waals surface area contributed by atoms with Crippen LogP contribution in [0.3, 0.4) is 0 Å². The third kappa shape index (κ3) is 4.29. The molecule has 3 fully saturated rings. The van der Waals surface area contributed by atoms with Crippen LogP contribution >= 0.6 is 0 Å². The number of ether oxygens (including phenoxy) is 2. The number of hydrogen-bond donors (Lipinski definition) is 2. The first-order valence-corrected chi connectivity index (χ1v) is 12.7. The van der Waals surface area contributed by atoms with E-state index < -0.39 is 22.2 Å². The number of rotatable bonds is 5. The molecular weight excluding hydrogens is 444 g/mol. The molecule has 1 aromatic carbocycles. The van der Waals surface area contributed by atoms with Crippen LogP contribution in [-0.4, -0.2) is 61.9 Å². The number of alkyl halides is 2. The number of amides is 1. The summed E-state index contributed by atoms with van der Waals surface area (Å²) in [7, 11) is -3.35. The average molecular weight is 472 g/mol. The number of hydrogen-bond acceptors (Lipinski definition) is 6. The Labute approximate surface area is 185 Å². The van der Waals surface area contributed by atoms with E-state index in [1.54, 1.807) is 4.31 Å². The molecule has 0 radical (unpaired) electrons. The number of fused-ring (bicyclic) bond motifs is 3. The smallest absolute Gasteiger partial charge is 0.395 e. The van der Waals surface area contributed by atoms with Crippen molar-refractivity contribution >= 4 is 15.9 Å². The molecule has 3 saturated heterocycles. The Kier molecular flexibility index (Phi) is 5.53. The molecule has 0 aliphatic carbocycles. The third-order valence-electron chi connectivity index (χ3n) is 6.89. The highest BCUT2D eigenvalue weighted by Gasteiger charge is 2.47. The number of halogens is 2. The predicted octanol–water partition coefficient (Wildman–Crippen LogP) is 2.06. The second-order valence-electron chi connectivity index (χ2n) is 9.16. The first-order chi connectivity index (χ1) is 15.2. The monoisotopic (exact) mass is 471 g/mol. The van der Waals surface area contributed by atoms with E-state index in [0.717, 1.165) is 38.8 Å². The van der Waals surface area contributed by atoms with Gasteiger partial charge in [-0.3, -0.25) is 4.79 Å². The number of sulfonamides is 1. The van der Waals surface area contributed by atoms with Gasteiger partial charge in [0, 0.05) is 23.7 Å². The summed E-state index contributed by atoms with van der Waals surface area (Å²) in [6, 6.07) is 3.54. The maximum Gasteiger partial charge on any atom is 0.586 e. The molecule has 5 rings (SSSR count). The maximum atomic E-state index is 13.2. The van der Waals surface area contributed by atoms with E-state index in [9.17, 15) is 22.0 Å². The van der Waals surface area contributed by atoms with Gasteiger partial charge in [-0.1, -0.05) is 0 Å². The standard InChI is InChI=1S/C21H27F2N3O5S/c22-21(23)30-18-4-1-14(9-19(18)31-21)20(27)25-15-10-16-2-3-17(11-15)26(16)32(28,29)12-13-5-7-24-8-6-13/h1,4,9,13,15-17,24H,2-3,5-8,10-12H2,(H,25,27)/t15-,16+,17-. The zero-order chi connectivity index (χ0) is 22.5. The normalized spacial score (nSPS) is 29.8. The van der Waals surface area contributed by atoms with Crippen molar-refractivity contribution in [3.63, 3.8) is 0 Å². The van der Waals surface area contributed by atoms with Crippen molar-refractivity contribution in [2.24, 2.45) is 5.92 Å². The molecule has 0 saturated carbocycles. The SMILES string of the molecule is O=C(N[C@H]1C[C@H]2CC[C@@H](C1)N2S(=O)(=O)CC1CCNCC1)c1ccc2c(c1)OC(F)(F)O2. The summed E-state index contributed by atoms with van der Waals surface area (Å²) in [6.07, 6.45) is 0.712. The van der Waals surface area contributed by atoms with Crippen LogP contribution in [0.25, 0.3) is 0 Å². The lowest BCUT2D eigenvalue weighted by atomic mass is 9.99. The fourth-order valence-corrected chi connectivity index (χ4v) is 7.89. The Morgan fingerprint density at radius 1 is 1.09 bits per heavy atom. The quantitative estimate of drug-likeness (QED) is 0.683. The molecule has 1 amide bonds. The van der Waals surface area contributed by atoms with E-state index in [4.69, 9.17) is 0 Å². The average Bonchev–Trinajstić information content (AvgIpc) is 3.20. The van der Waals surface area contributed by atoms with Crippen molar-refractivity contribution in [2.45, 2.75) is 62.9 Å². The van der Waals surface area contributed by atoms with Crippen LogP contribution in [0.1, 0.15) is 48.9 Å². The van der Waals surface area contributed by atoms with Crippen LogP contribution in [0.5, 0.6) is 11.5 Å². The van der Waals surface area contributed by atoms with Gasteiger partial charge in [0.25, 0.3) is 5.91 Å². The van der Waals surface area contributed by atoms with Crippen molar-refractivity contribution in [3.8, 4) is 11.5 Å². The van der Waals surface area contributed by atoms with Crippen LogP contribution in [0.15, 0.2) is 18.2 Å². The van der Waals surface area contributed by atoms with Crippen molar-refractivity contribution in [1.82, 2.24) is 14.9 Å². The molecule has 4 aliphatic rings. The molecule has 176 valence electrons. The lowest BCUT2D eigenvalue weighted by molar-refractivity contribution is -0.286. The van der Waals surface area contributed by atoms with Gasteiger partial charge in [0.05, 0.1) is 5.75 Å². The largest absolute Gasteiger partial charge is 0.586 e. The lowest BCUT2D eigenvalue weighted by Gasteiger charge is -2.39. The third-order valence-corrected chi connectivity index (χ3v) is 9.02. The number of carbonyl (C=O) groups excluding carboxylic acids is 1. The Morgan fingerprint density at radius 2 is 1.75 bits per heavy atom. The molecule has 0 unspecified atom stereocenters. The highest BCUT2D eigenvalue weighted by molar-refractivity contribution is 7.89. The van der Waals surface area contributed by atoms with Crippen LogP contribution in [0.2, 0.25) is 0 Å². The van der Waals surface area contributed by atoms with E-state index in [1.165, 1.54) is 18.2 Å². The van der Waals surface area contributed by atoms with Gasteiger partial charge >= 0.3 is 6.29 Å². The summed E-state index contributed by atoms with van der Waals surface area (Å²) in [5, 5.41) is 6.21. The number of benzene rings is 1. The van der Waals surface area contributed by atoms with Crippen LogP contribution < -0.4 is 20.1 Å². The van der Waals surface area contributed by atoms with Gasteiger partial charge in [0.2, 0.25) is 10.0 Å². The number of nitrogens with one attached hydrogen (secondary N) is 2. The van der Waals surface area contributed by atoms with Gasteiger partial charge in [-0.2, -0.15) is 4.31 Å². The molecule has 0 spiro atoms. The van der Waals surface area contributed by atoms with Gasteiger partial charge in [-0.15, -0.1) is 8.78 Å². The van der Waals surface area contributed by atoms with Crippen LogP contribution in [0.4, 0.5) is 8.78 Å². The summed E-state index contributed by atoms with van der Waals surface area (Å²) in [5.74, 6) is -0.308. The van der Waals surface area contributed by atoms with Crippen molar-refractivity contribution < 1.29 is 31.5 Å². The number of nitrogens with zero attached hydrogens (tertiary/aromatic N) is 1. The first-order valence-electron chi connectivity index (χ1n) is 11.1. The Bertz CT molecular complexity index is 985. The second-order valence-corrected chi connectivity index (χ2v) is 11.1. The van der Waals surface area contributed by atoms with Gasteiger partial charge in [-0.25, -0.2) is 8.42 Å². The fraction of sp³-hybridized carbons (Fsp3) is 0.667. The molecule has 32 heavy (non-hydrogen) atoms. The molecule has 2 N–H and O–H groups in total. The van der Waals surface area contributed by atoms with Crippen molar-refractivity contribution in [1.29, 1.82) is 0 Å². The summed E-state index contributed by atoms with van der Waals surface area (Å²) < 4.78 is 63.2. The molecule has 0 aromatic heterocycles. The molecular formula is C21H27F2N3O5S. The zero-order valence-electron chi connectivity index (χ0n) is 17.6. The van der Waals surface area contributed by atoms with E-state index in [0.29, 0.717) is 12.8 Å². The fourth-order valence-electron chi connectivity index (χ4n) is 5.50. The van der Waals surface area contributed by atoms with E-state index in [2.05, 4.69) is 20.1 Å². The van der Waals surface area contributed by atoms with Gasteiger partial charge in [0.1, 0.15) is 0 Å². The summed E-state index contributed by atoms with van der Waals surface area (Å²) in [5.41, 5.74) is 0.193. The molecule has 8 nitrogen and oxygen atoms in total. The summed E-state index contributed by atoms with van der Waals surface area (Å²) in [6.45, 7) is 1.72. The molecule has 2 bridgehead atoms. The Morgan fingerprint density at radius 3 is 2.44 bits per heavy atom. The highest BCUT2D eigenvalue weighted by Crippen LogP contribution is 2.42. The minimum atomic E-state index is -3.73. The zero-order valence-corrected chi connectivity index (χ0v) is 18.4. The van der Waals surface area contributed by atoms with Crippen LogP contribution in [0, 0.1) is 5.92 Å². The minimum absolute atomic E-state index is 0.110. The van der Waals surface area contributed by atoms with Gasteiger partial charge in [-0.05, 0) is 75.7 Å². The van der Waals surface area contributed by atoms with Gasteiger partial charge in [0.15, 0.2) is 11.5 Å². The maximum absolute atomic E-state index is 13.2. The molecule has 1 aromatic rings. The Balaban J connectivity index is 1.22. The number of piperidine rings is 2. The Hall–Kier alpha value is -1.98. The predicted molar refractivity (Wildman–Crippen MR) is 111 cm³/mol. The molecule has 4 heterocycles. The van der Waals surface area contributed by atoms with E-state index in [-0.39, 0.29) is 46.9 Å². The topological polar surface area (TPSA) is 97.0 Å². The highest BCUT2D eigenvalue weighted by atomic mass is 32.2. The summed E-state index contributed by atoms with van der Waals surface area (Å²) in [4.78, 5) is 12.7. The van der Waals surface area contributed by atoms with E-state index in [1.807, 2.05) is 0 Å². The number of carbonyl (C=O) groups is 1. The van der Waals surface area contributed by atoms with E-state index >= 15 is 0 Å². The minimum Gasteiger partial charge on any atom is -0.395 e. The first kappa shape index (κ1) is 21.8. The molecule has 11 heteroatoms. The van der Waals surface area contributed by atoms with Crippen molar-refractivity contribution in [3.05, 3.63) is 23.8 Å². The summed E-state index contributed by atoms with van der Waals surface area (Å²) >= 11 is 0.